The zero-order chi connectivity index (χ0) is 20.7. The van der Waals surface area contributed by atoms with Crippen molar-refractivity contribution in [2.24, 2.45) is 0 Å². The van der Waals surface area contributed by atoms with Crippen molar-refractivity contribution >= 4 is 22.5 Å². The van der Waals surface area contributed by atoms with Crippen LogP contribution in [0.2, 0.25) is 0 Å². The first-order valence-corrected chi connectivity index (χ1v) is 9.55. The number of anilines is 1. The zero-order valence-electron chi connectivity index (χ0n) is 15.7. The topological polar surface area (TPSA) is 78.4 Å². The van der Waals surface area contributed by atoms with Crippen molar-refractivity contribution in [2.75, 3.05) is 18.4 Å². The predicted octanol–water partition coefficient (Wildman–Crippen LogP) is 3.95. The molecule has 1 unspecified atom stereocenters. The van der Waals surface area contributed by atoms with Crippen LogP contribution in [0.25, 0.3) is 10.4 Å². The number of thiazole rings is 1. The van der Waals surface area contributed by atoms with E-state index in [4.69, 9.17) is 0 Å². The minimum absolute atomic E-state index is 0.0815. The van der Waals surface area contributed by atoms with E-state index in [1.165, 1.54) is 28.5 Å². The maximum Gasteiger partial charge on any atom is 0.399 e. The highest BCUT2D eigenvalue weighted by Gasteiger charge is 2.49. The number of hydrogen-bond acceptors (Lipinski definition) is 5. The summed E-state index contributed by atoms with van der Waals surface area (Å²) in [6, 6.07) is 2.68. The number of rotatable bonds is 3. The van der Waals surface area contributed by atoms with Crippen molar-refractivity contribution in [1.29, 1.82) is 0 Å². The van der Waals surface area contributed by atoms with Crippen LogP contribution in [-0.2, 0) is 5.41 Å². The number of halogens is 3. The van der Waals surface area contributed by atoms with Gasteiger partial charge in [0.2, 0.25) is 0 Å². The maximum absolute atomic E-state index is 13.3. The van der Waals surface area contributed by atoms with Gasteiger partial charge in [0.1, 0.15) is 5.41 Å². The van der Waals surface area contributed by atoms with Gasteiger partial charge in [-0.05, 0) is 44.9 Å². The van der Waals surface area contributed by atoms with E-state index in [-0.39, 0.29) is 18.3 Å². The number of carbonyl (C=O) groups excluding carboxylic acids is 1. The van der Waals surface area contributed by atoms with Gasteiger partial charge in [0.05, 0.1) is 22.4 Å². The summed E-state index contributed by atoms with van der Waals surface area (Å²) in [5.41, 5.74) is -1.00. The minimum atomic E-state index is -4.43. The summed E-state index contributed by atoms with van der Waals surface area (Å²) in [5.74, 6) is 0. The van der Waals surface area contributed by atoms with E-state index in [1.807, 2.05) is 0 Å². The average Bonchev–Trinajstić information content (AvgIpc) is 3.19. The Morgan fingerprint density at radius 3 is 2.71 bits per heavy atom. The van der Waals surface area contributed by atoms with Crippen LogP contribution in [0.5, 0.6) is 0 Å². The molecule has 28 heavy (non-hydrogen) atoms. The van der Waals surface area contributed by atoms with E-state index in [9.17, 15) is 23.1 Å². The Morgan fingerprint density at radius 1 is 1.39 bits per heavy atom. The van der Waals surface area contributed by atoms with Crippen LogP contribution in [-0.4, -0.2) is 51.4 Å². The average molecular weight is 414 g/mol. The van der Waals surface area contributed by atoms with Crippen LogP contribution in [0, 0.1) is 6.92 Å². The molecule has 0 aromatic carbocycles. The van der Waals surface area contributed by atoms with Gasteiger partial charge in [-0.15, -0.1) is 0 Å². The molecule has 0 spiro atoms. The van der Waals surface area contributed by atoms with E-state index in [1.54, 1.807) is 13.0 Å². The number of alkyl halides is 3. The van der Waals surface area contributed by atoms with E-state index >= 15 is 0 Å². The summed E-state index contributed by atoms with van der Waals surface area (Å²) in [6.07, 6.45) is -3.07. The van der Waals surface area contributed by atoms with Crippen LogP contribution in [0.3, 0.4) is 0 Å². The predicted molar refractivity (Wildman–Crippen MR) is 100 cm³/mol. The molecule has 152 valence electrons. The standard InChI is InChI=1S/C18H21F3N4O2S/c1-10-14(11-4-6-22-13(8-11)17(2,3)18(19,20)21)28-15(23-10)24-16(27)25-7-5-12(26)9-25/h4,6,8,12,26H,5,7,9H2,1-3H3,(H,23,24,27). The molecule has 1 atom stereocenters. The Kier molecular flexibility index (Phi) is 5.37. The Bertz CT molecular complexity index is 882. The first-order chi connectivity index (χ1) is 13.0. The first kappa shape index (κ1) is 20.5. The number of nitrogens with zero attached hydrogens (tertiary/aromatic N) is 3. The van der Waals surface area contributed by atoms with Gasteiger partial charge in [-0.3, -0.25) is 10.3 Å². The molecular weight excluding hydrogens is 393 g/mol. The number of pyridine rings is 1. The number of aromatic nitrogens is 2. The van der Waals surface area contributed by atoms with E-state index in [0.29, 0.717) is 34.2 Å². The van der Waals surface area contributed by atoms with Crippen LogP contribution >= 0.6 is 11.3 Å². The highest BCUT2D eigenvalue weighted by atomic mass is 32.1. The molecule has 2 N–H and O–H groups in total. The zero-order valence-corrected chi connectivity index (χ0v) is 16.5. The summed E-state index contributed by atoms with van der Waals surface area (Å²) in [5, 5.41) is 12.6. The molecule has 2 aromatic rings. The lowest BCUT2D eigenvalue weighted by Gasteiger charge is -2.27. The fourth-order valence-corrected chi connectivity index (χ4v) is 3.83. The summed E-state index contributed by atoms with van der Waals surface area (Å²) in [7, 11) is 0. The molecule has 0 bridgehead atoms. The number of aliphatic hydroxyl groups is 1. The number of hydrogen-bond donors (Lipinski definition) is 2. The van der Waals surface area contributed by atoms with Crippen LogP contribution < -0.4 is 5.32 Å². The second-order valence-corrected chi connectivity index (χ2v) is 8.30. The number of urea groups is 1. The molecule has 2 aromatic heterocycles. The molecule has 1 fully saturated rings. The molecule has 3 rings (SSSR count). The number of aryl methyl sites for hydroxylation is 1. The lowest BCUT2D eigenvalue weighted by atomic mass is 9.87. The number of likely N-dealkylation sites (tertiary alicyclic amines) is 1. The van der Waals surface area contributed by atoms with Gasteiger partial charge in [-0.2, -0.15) is 13.2 Å². The third-order valence-electron chi connectivity index (χ3n) is 4.83. The third kappa shape index (κ3) is 3.97. The lowest BCUT2D eigenvalue weighted by molar-refractivity contribution is -0.181. The second-order valence-electron chi connectivity index (χ2n) is 7.30. The number of β-amino-alcohol motifs (C(OH)–C–C–N with tert-alkyl or cyclic N) is 1. The van der Waals surface area contributed by atoms with Crippen molar-refractivity contribution in [3.8, 4) is 10.4 Å². The Balaban J connectivity index is 1.84. The molecule has 6 nitrogen and oxygen atoms in total. The summed E-state index contributed by atoms with van der Waals surface area (Å²) in [6.45, 7) is 4.65. The van der Waals surface area contributed by atoms with Crippen molar-refractivity contribution in [1.82, 2.24) is 14.9 Å². The summed E-state index contributed by atoms with van der Waals surface area (Å²) < 4.78 is 40.0. The van der Waals surface area contributed by atoms with Gasteiger partial charge in [-0.1, -0.05) is 11.3 Å². The molecular formula is C18H21F3N4O2S. The van der Waals surface area contributed by atoms with Crippen LogP contribution in [0.15, 0.2) is 18.3 Å². The molecule has 1 saturated heterocycles. The van der Waals surface area contributed by atoms with E-state index < -0.39 is 17.7 Å². The van der Waals surface area contributed by atoms with Gasteiger partial charge < -0.3 is 10.0 Å². The molecule has 0 aliphatic carbocycles. The van der Waals surface area contributed by atoms with Crippen molar-refractivity contribution in [3.63, 3.8) is 0 Å². The highest BCUT2D eigenvalue weighted by molar-refractivity contribution is 7.19. The van der Waals surface area contributed by atoms with Crippen molar-refractivity contribution in [3.05, 3.63) is 29.7 Å². The molecule has 10 heteroatoms. The quantitative estimate of drug-likeness (QED) is 0.797. The summed E-state index contributed by atoms with van der Waals surface area (Å²) >= 11 is 1.19. The number of carbonyl (C=O) groups is 1. The SMILES string of the molecule is Cc1nc(NC(=O)N2CCC(O)C2)sc1-c1ccnc(C(C)(C)C(F)(F)F)c1. The third-order valence-corrected chi connectivity index (χ3v) is 5.95. The van der Waals surface area contributed by atoms with Gasteiger partial charge in [0.25, 0.3) is 0 Å². The molecule has 0 radical (unpaired) electrons. The highest BCUT2D eigenvalue weighted by Crippen LogP contribution is 2.41. The van der Waals surface area contributed by atoms with Crippen molar-refractivity contribution < 1.29 is 23.1 Å². The first-order valence-electron chi connectivity index (χ1n) is 8.74. The molecule has 2 amide bonds. The molecule has 3 heterocycles. The number of aliphatic hydroxyl groups excluding tert-OH is 1. The van der Waals surface area contributed by atoms with Crippen LogP contribution in [0.1, 0.15) is 31.7 Å². The molecule has 1 aliphatic heterocycles. The lowest BCUT2D eigenvalue weighted by Crippen LogP contribution is -2.37. The number of nitrogens with one attached hydrogen (secondary N) is 1. The maximum atomic E-state index is 13.3. The van der Waals surface area contributed by atoms with Crippen LogP contribution in [0.4, 0.5) is 23.1 Å². The Morgan fingerprint density at radius 2 is 2.11 bits per heavy atom. The monoisotopic (exact) mass is 414 g/mol. The van der Waals surface area contributed by atoms with Gasteiger partial charge in [0, 0.05) is 19.3 Å². The molecule has 0 saturated carbocycles. The van der Waals surface area contributed by atoms with Gasteiger partial charge in [0.15, 0.2) is 5.13 Å². The Hall–Kier alpha value is -2.20. The second kappa shape index (κ2) is 7.32. The fraction of sp³-hybridized carbons (Fsp3) is 0.500. The fourth-order valence-electron chi connectivity index (χ4n) is 2.87. The number of amides is 2. The van der Waals surface area contributed by atoms with Gasteiger partial charge >= 0.3 is 12.2 Å². The van der Waals surface area contributed by atoms with Crippen molar-refractivity contribution in [2.45, 2.75) is 44.9 Å². The summed E-state index contributed by atoms with van der Waals surface area (Å²) in [4.78, 5) is 22.6. The smallest absolute Gasteiger partial charge is 0.391 e. The van der Waals surface area contributed by atoms with Gasteiger partial charge in [-0.25, -0.2) is 9.78 Å². The van der Waals surface area contributed by atoms with E-state index in [2.05, 4.69) is 15.3 Å². The normalized spacial score (nSPS) is 17.8. The largest absolute Gasteiger partial charge is 0.399 e. The minimum Gasteiger partial charge on any atom is -0.391 e. The Labute approximate surface area is 164 Å². The molecule has 1 aliphatic rings. The van der Waals surface area contributed by atoms with E-state index in [0.717, 1.165) is 13.8 Å².